The van der Waals surface area contributed by atoms with Crippen LogP contribution in [0.25, 0.3) is 16.4 Å². The van der Waals surface area contributed by atoms with Gasteiger partial charge in [0.15, 0.2) is 10.8 Å². The smallest absolute Gasteiger partial charge is 0.259 e. The predicted octanol–water partition coefficient (Wildman–Crippen LogP) is 3.64. The van der Waals surface area contributed by atoms with Gasteiger partial charge in [-0.05, 0) is 31.9 Å². The Kier molecular flexibility index (Phi) is 3.30. The molecule has 7 nitrogen and oxygen atoms in total. The molecule has 0 aliphatic heterocycles. The molecule has 1 fully saturated rings. The molecule has 1 N–H and O–H groups in total. The first kappa shape index (κ1) is 14.6. The summed E-state index contributed by atoms with van der Waals surface area (Å²) >= 11 is 1.69. The van der Waals surface area contributed by atoms with Gasteiger partial charge < -0.3 is 9.84 Å². The summed E-state index contributed by atoms with van der Waals surface area (Å²) in [5.41, 5.74) is 1.83. The quantitative estimate of drug-likeness (QED) is 0.590. The number of fused-ring (bicyclic) bond motifs is 1. The lowest BCUT2D eigenvalue weighted by atomic mass is 10.3. The zero-order chi connectivity index (χ0) is 16.8. The maximum absolute atomic E-state index is 5.32. The summed E-state index contributed by atoms with van der Waals surface area (Å²) in [4.78, 5) is 15.7. The lowest BCUT2D eigenvalue weighted by molar-refractivity contribution is 0.422. The molecule has 0 aromatic carbocycles. The Balaban J connectivity index is 1.26. The van der Waals surface area contributed by atoms with Crippen molar-refractivity contribution in [3.05, 3.63) is 47.1 Å². The Labute approximate surface area is 147 Å². The van der Waals surface area contributed by atoms with Crippen molar-refractivity contribution in [2.75, 3.05) is 5.32 Å². The zero-order valence-corrected chi connectivity index (χ0v) is 14.5. The van der Waals surface area contributed by atoms with Crippen molar-refractivity contribution in [1.29, 1.82) is 0 Å². The molecule has 5 rings (SSSR count). The zero-order valence-electron chi connectivity index (χ0n) is 13.6. The number of nitrogens with one attached hydrogen (secondary N) is 1. The van der Waals surface area contributed by atoms with Crippen LogP contribution in [0.3, 0.4) is 0 Å². The largest absolute Gasteiger partial charge is 0.364 e. The molecule has 4 aromatic rings. The SMILES string of the molecule is Cc1cn2cc(CNc3ccc(-c4nc(C5CC5)no4)cn3)nc2s1. The van der Waals surface area contributed by atoms with Gasteiger partial charge in [-0.3, -0.25) is 4.40 Å². The molecule has 0 atom stereocenters. The van der Waals surface area contributed by atoms with E-state index < -0.39 is 0 Å². The minimum atomic E-state index is 0.486. The topological polar surface area (TPSA) is 81.1 Å². The van der Waals surface area contributed by atoms with Crippen LogP contribution in [0.1, 0.15) is 35.2 Å². The Morgan fingerprint density at radius 1 is 1.28 bits per heavy atom. The molecule has 25 heavy (non-hydrogen) atoms. The van der Waals surface area contributed by atoms with Crippen LogP contribution in [0, 0.1) is 6.92 Å². The molecule has 8 heteroatoms. The number of hydrogen-bond donors (Lipinski definition) is 1. The van der Waals surface area contributed by atoms with Crippen LogP contribution in [0.2, 0.25) is 0 Å². The van der Waals surface area contributed by atoms with Gasteiger partial charge in [0.25, 0.3) is 5.89 Å². The number of aromatic nitrogens is 5. The summed E-state index contributed by atoms with van der Waals surface area (Å²) in [6.45, 7) is 2.71. The van der Waals surface area contributed by atoms with Crippen molar-refractivity contribution in [2.24, 2.45) is 0 Å². The third-order valence-corrected chi connectivity index (χ3v) is 5.08. The van der Waals surface area contributed by atoms with E-state index in [4.69, 9.17) is 4.52 Å². The van der Waals surface area contributed by atoms with Gasteiger partial charge in [0.05, 0.1) is 17.8 Å². The van der Waals surface area contributed by atoms with Crippen molar-refractivity contribution in [3.63, 3.8) is 0 Å². The van der Waals surface area contributed by atoms with Crippen molar-refractivity contribution >= 4 is 22.1 Å². The van der Waals surface area contributed by atoms with Crippen molar-refractivity contribution < 1.29 is 4.52 Å². The van der Waals surface area contributed by atoms with E-state index in [0.717, 1.165) is 40.7 Å². The van der Waals surface area contributed by atoms with Crippen molar-refractivity contribution in [1.82, 2.24) is 24.5 Å². The van der Waals surface area contributed by atoms with Gasteiger partial charge in [0, 0.05) is 29.4 Å². The molecule has 126 valence electrons. The fraction of sp³-hybridized carbons (Fsp3) is 0.294. The van der Waals surface area contributed by atoms with Gasteiger partial charge in [-0.1, -0.05) is 5.16 Å². The number of aryl methyl sites for hydroxylation is 1. The van der Waals surface area contributed by atoms with Crippen LogP contribution in [0.15, 0.2) is 35.2 Å². The second kappa shape index (κ2) is 5.66. The van der Waals surface area contributed by atoms with E-state index in [2.05, 4.69) is 42.9 Å². The van der Waals surface area contributed by atoms with E-state index in [9.17, 15) is 0 Å². The van der Waals surface area contributed by atoms with Gasteiger partial charge in [0.1, 0.15) is 5.82 Å². The Bertz CT molecular complexity index is 996. The first-order valence-corrected chi connectivity index (χ1v) is 9.04. The van der Waals surface area contributed by atoms with Crippen molar-refractivity contribution in [2.45, 2.75) is 32.2 Å². The van der Waals surface area contributed by atoms with Crippen LogP contribution in [-0.4, -0.2) is 24.5 Å². The molecule has 1 aliphatic rings. The molecular formula is C17H16N6OS. The third-order valence-electron chi connectivity index (χ3n) is 4.17. The van der Waals surface area contributed by atoms with Crippen molar-refractivity contribution in [3.8, 4) is 11.5 Å². The number of nitrogens with zero attached hydrogens (tertiary/aromatic N) is 5. The fourth-order valence-corrected chi connectivity index (χ4v) is 3.54. The molecular weight excluding hydrogens is 336 g/mol. The van der Waals surface area contributed by atoms with E-state index in [0.29, 0.717) is 18.4 Å². The highest BCUT2D eigenvalue weighted by Gasteiger charge is 2.29. The van der Waals surface area contributed by atoms with Crippen LogP contribution < -0.4 is 5.32 Å². The minimum absolute atomic E-state index is 0.486. The molecule has 0 bridgehead atoms. The normalized spacial score (nSPS) is 14.3. The summed E-state index contributed by atoms with van der Waals surface area (Å²) < 4.78 is 7.38. The molecule has 0 amide bonds. The first-order valence-electron chi connectivity index (χ1n) is 8.22. The van der Waals surface area contributed by atoms with Gasteiger partial charge in [0.2, 0.25) is 0 Å². The predicted molar refractivity (Wildman–Crippen MR) is 94.6 cm³/mol. The minimum Gasteiger partial charge on any atom is -0.364 e. The summed E-state index contributed by atoms with van der Waals surface area (Å²) in [5.74, 6) is 2.62. The van der Waals surface area contributed by atoms with E-state index in [1.54, 1.807) is 17.5 Å². The maximum atomic E-state index is 5.32. The van der Waals surface area contributed by atoms with Gasteiger partial charge in [-0.2, -0.15) is 4.98 Å². The lowest BCUT2D eigenvalue weighted by Gasteiger charge is -2.03. The number of rotatable bonds is 5. The van der Waals surface area contributed by atoms with E-state index in [1.165, 1.54) is 4.88 Å². The number of thiazole rings is 1. The molecule has 0 unspecified atom stereocenters. The third kappa shape index (κ3) is 2.89. The van der Waals surface area contributed by atoms with Crippen LogP contribution in [-0.2, 0) is 6.54 Å². The molecule has 1 saturated carbocycles. The van der Waals surface area contributed by atoms with Crippen LogP contribution >= 0.6 is 11.3 Å². The number of imidazole rings is 1. The van der Waals surface area contributed by atoms with E-state index >= 15 is 0 Å². The average molecular weight is 352 g/mol. The second-order valence-electron chi connectivity index (χ2n) is 6.28. The highest BCUT2D eigenvalue weighted by Crippen LogP contribution is 2.38. The molecule has 0 saturated heterocycles. The van der Waals surface area contributed by atoms with Crippen LogP contribution in [0.5, 0.6) is 0 Å². The average Bonchev–Trinajstić information content (AvgIpc) is 3.07. The maximum Gasteiger partial charge on any atom is 0.259 e. The number of anilines is 1. The summed E-state index contributed by atoms with van der Waals surface area (Å²) in [6, 6.07) is 3.85. The highest BCUT2D eigenvalue weighted by atomic mass is 32.1. The Hall–Kier alpha value is -2.74. The second-order valence-corrected chi connectivity index (χ2v) is 7.49. The Morgan fingerprint density at radius 2 is 2.20 bits per heavy atom. The van der Waals surface area contributed by atoms with E-state index in [1.807, 2.05) is 18.3 Å². The summed E-state index contributed by atoms with van der Waals surface area (Å²) in [5, 5.41) is 7.33. The van der Waals surface area contributed by atoms with Gasteiger partial charge in [-0.15, -0.1) is 11.3 Å². The fourth-order valence-electron chi connectivity index (χ4n) is 2.71. The molecule has 0 radical (unpaired) electrons. The standard InChI is InChI=1S/C17H16N6OS/c1-10-8-23-9-13(20-17(23)25-10)7-19-14-5-4-12(6-18-14)16-21-15(22-24-16)11-2-3-11/h4-6,8-9,11H,2-3,7H2,1H3,(H,18,19). The first-order chi connectivity index (χ1) is 12.2. The summed E-state index contributed by atoms with van der Waals surface area (Å²) in [7, 11) is 0. The molecule has 4 aromatic heterocycles. The number of hydrogen-bond acceptors (Lipinski definition) is 7. The van der Waals surface area contributed by atoms with Crippen LogP contribution in [0.4, 0.5) is 5.82 Å². The van der Waals surface area contributed by atoms with Gasteiger partial charge >= 0.3 is 0 Å². The monoisotopic (exact) mass is 352 g/mol. The highest BCUT2D eigenvalue weighted by molar-refractivity contribution is 7.16. The number of pyridine rings is 1. The summed E-state index contributed by atoms with van der Waals surface area (Å²) in [6.07, 6.45) is 8.19. The lowest BCUT2D eigenvalue weighted by Crippen LogP contribution is -2.01. The Morgan fingerprint density at radius 3 is 2.96 bits per heavy atom. The molecule has 0 spiro atoms. The molecule has 1 aliphatic carbocycles. The van der Waals surface area contributed by atoms with E-state index in [-0.39, 0.29) is 0 Å². The molecule has 4 heterocycles. The van der Waals surface area contributed by atoms with Gasteiger partial charge in [-0.25, -0.2) is 9.97 Å².